The minimum Gasteiger partial charge on any atom is -0.378 e. The molecule has 2 aromatic rings. The van der Waals surface area contributed by atoms with E-state index < -0.39 is 0 Å². The fourth-order valence-corrected chi connectivity index (χ4v) is 1.50. The van der Waals surface area contributed by atoms with Crippen LogP contribution in [0.3, 0.4) is 0 Å². The fraction of sp³-hybridized carbons (Fsp3) is 0.200. The van der Waals surface area contributed by atoms with Crippen LogP contribution in [0, 0.1) is 0 Å². The van der Waals surface area contributed by atoms with E-state index in [0.29, 0.717) is 5.13 Å². The van der Waals surface area contributed by atoms with E-state index in [1.54, 1.807) is 5.51 Å². The first-order valence-electron chi connectivity index (χ1n) is 4.71. The van der Waals surface area contributed by atoms with Crippen LogP contribution in [0.2, 0.25) is 0 Å². The van der Waals surface area contributed by atoms with Gasteiger partial charge in [0.05, 0.1) is 5.69 Å². The van der Waals surface area contributed by atoms with Crippen molar-refractivity contribution in [1.29, 1.82) is 0 Å². The summed E-state index contributed by atoms with van der Waals surface area (Å²) in [6, 6.07) is 7.82. The van der Waals surface area contributed by atoms with Crippen LogP contribution in [-0.2, 0) is 0 Å². The van der Waals surface area contributed by atoms with Gasteiger partial charge in [-0.1, -0.05) is 11.3 Å². The molecule has 0 atom stereocenters. The summed E-state index contributed by atoms with van der Waals surface area (Å²) >= 11 is 1.36. The zero-order valence-electron chi connectivity index (χ0n) is 9.03. The molecular formula is C10H11N5S. The van der Waals surface area contributed by atoms with Gasteiger partial charge in [-0.2, -0.15) is 0 Å². The molecule has 0 radical (unpaired) electrons. The van der Waals surface area contributed by atoms with Gasteiger partial charge in [-0.25, -0.2) is 0 Å². The Bertz CT molecular complexity index is 460. The smallest absolute Gasteiger partial charge is 0.251 e. The minimum atomic E-state index is 0.566. The van der Waals surface area contributed by atoms with E-state index in [1.165, 1.54) is 11.3 Å². The Morgan fingerprint density at radius 1 is 1.12 bits per heavy atom. The van der Waals surface area contributed by atoms with Gasteiger partial charge >= 0.3 is 0 Å². The summed E-state index contributed by atoms with van der Waals surface area (Å²) in [5.41, 5.74) is 3.57. The second kappa shape index (κ2) is 4.80. The Morgan fingerprint density at radius 3 is 2.44 bits per heavy atom. The molecule has 2 rings (SSSR count). The van der Waals surface area contributed by atoms with Gasteiger partial charge in [-0.05, 0) is 24.3 Å². The van der Waals surface area contributed by atoms with Crippen LogP contribution in [-0.4, -0.2) is 24.3 Å². The maximum atomic E-state index is 4.06. The molecule has 6 heteroatoms. The second-order valence-electron chi connectivity index (χ2n) is 3.33. The molecule has 0 aliphatic heterocycles. The molecule has 1 aromatic heterocycles. The predicted octanol–water partition coefficient (Wildman–Crippen LogP) is 3.02. The second-order valence-corrected chi connectivity index (χ2v) is 4.14. The average molecular weight is 233 g/mol. The van der Waals surface area contributed by atoms with Crippen molar-refractivity contribution < 1.29 is 0 Å². The molecule has 0 amide bonds. The van der Waals surface area contributed by atoms with Crippen molar-refractivity contribution >= 4 is 27.8 Å². The lowest BCUT2D eigenvalue weighted by molar-refractivity contribution is 1.06. The lowest BCUT2D eigenvalue weighted by atomic mass is 10.3. The highest BCUT2D eigenvalue weighted by Gasteiger charge is 1.95. The average Bonchev–Trinajstić information content (AvgIpc) is 2.80. The third-order valence-electron chi connectivity index (χ3n) is 1.97. The molecular weight excluding hydrogens is 222 g/mol. The van der Waals surface area contributed by atoms with Crippen molar-refractivity contribution in [3.63, 3.8) is 0 Å². The number of aromatic nitrogens is 2. The van der Waals surface area contributed by atoms with Gasteiger partial charge in [-0.15, -0.1) is 20.4 Å². The van der Waals surface area contributed by atoms with Crippen LogP contribution in [0.15, 0.2) is 40.0 Å². The Kier molecular flexibility index (Phi) is 3.21. The molecule has 0 fully saturated rings. The van der Waals surface area contributed by atoms with Gasteiger partial charge in [0.1, 0.15) is 5.51 Å². The molecule has 0 N–H and O–H groups in total. The molecule has 0 bridgehead atoms. The Hall–Kier alpha value is -1.82. The maximum Gasteiger partial charge on any atom is 0.251 e. The largest absolute Gasteiger partial charge is 0.378 e. The van der Waals surface area contributed by atoms with Crippen molar-refractivity contribution in [1.82, 2.24) is 10.2 Å². The lowest BCUT2D eigenvalue weighted by Gasteiger charge is -2.11. The molecule has 16 heavy (non-hydrogen) atoms. The Morgan fingerprint density at radius 2 is 1.88 bits per heavy atom. The summed E-state index contributed by atoms with van der Waals surface area (Å²) in [6.45, 7) is 0. The summed E-state index contributed by atoms with van der Waals surface area (Å²) < 4.78 is 0. The third kappa shape index (κ3) is 2.60. The van der Waals surface area contributed by atoms with E-state index in [9.17, 15) is 0 Å². The van der Waals surface area contributed by atoms with Crippen LogP contribution in [0.5, 0.6) is 0 Å². The molecule has 1 aromatic carbocycles. The van der Waals surface area contributed by atoms with Crippen LogP contribution in [0.25, 0.3) is 0 Å². The number of hydrogen-bond donors (Lipinski definition) is 0. The standard InChI is InChI=1S/C10H11N5S/c1-15(2)9-5-3-8(4-6-9)12-14-10-13-11-7-16-10/h3-7H,1-2H3. The van der Waals surface area contributed by atoms with E-state index in [-0.39, 0.29) is 0 Å². The first-order valence-corrected chi connectivity index (χ1v) is 5.59. The number of azo groups is 1. The van der Waals surface area contributed by atoms with E-state index in [0.717, 1.165) is 11.4 Å². The van der Waals surface area contributed by atoms with Crippen LogP contribution < -0.4 is 4.90 Å². The van der Waals surface area contributed by atoms with Crippen molar-refractivity contribution in [3.8, 4) is 0 Å². The molecule has 0 aliphatic rings. The Labute approximate surface area is 97.5 Å². The van der Waals surface area contributed by atoms with Crippen molar-refractivity contribution in [2.24, 2.45) is 10.2 Å². The highest BCUT2D eigenvalue weighted by atomic mass is 32.1. The summed E-state index contributed by atoms with van der Waals surface area (Å²) in [4.78, 5) is 2.03. The van der Waals surface area contributed by atoms with E-state index in [2.05, 4.69) is 20.4 Å². The van der Waals surface area contributed by atoms with Gasteiger partial charge in [0.25, 0.3) is 5.13 Å². The summed E-state index contributed by atoms with van der Waals surface area (Å²) in [7, 11) is 4.00. The van der Waals surface area contributed by atoms with Crippen molar-refractivity contribution in [2.45, 2.75) is 0 Å². The van der Waals surface area contributed by atoms with Gasteiger partial charge in [0, 0.05) is 19.8 Å². The molecule has 82 valence electrons. The van der Waals surface area contributed by atoms with Gasteiger partial charge in [0.2, 0.25) is 0 Å². The number of anilines is 1. The van der Waals surface area contributed by atoms with E-state index in [4.69, 9.17) is 0 Å². The maximum absolute atomic E-state index is 4.06. The fourth-order valence-electron chi connectivity index (χ4n) is 1.13. The van der Waals surface area contributed by atoms with Gasteiger partial charge < -0.3 is 4.90 Å². The quantitative estimate of drug-likeness (QED) is 0.766. The monoisotopic (exact) mass is 233 g/mol. The van der Waals surface area contributed by atoms with Crippen LogP contribution in [0.1, 0.15) is 0 Å². The number of benzene rings is 1. The zero-order valence-corrected chi connectivity index (χ0v) is 9.85. The van der Waals surface area contributed by atoms with Gasteiger partial charge in [0.15, 0.2) is 0 Å². The Balaban J connectivity index is 2.11. The van der Waals surface area contributed by atoms with Gasteiger partial charge in [-0.3, -0.25) is 0 Å². The molecule has 5 nitrogen and oxygen atoms in total. The zero-order chi connectivity index (χ0) is 11.4. The SMILES string of the molecule is CN(C)c1ccc(N=Nc2nncs2)cc1. The highest BCUT2D eigenvalue weighted by Crippen LogP contribution is 2.21. The van der Waals surface area contributed by atoms with Crippen molar-refractivity contribution in [3.05, 3.63) is 29.8 Å². The van der Waals surface area contributed by atoms with Crippen LogP contribution in [0.4, 0.5) is 16.5 Å². The predicted molar refractivity (Wildman–Crippen MR) is 64.9 cm³/mol. The summed E-state index contributed by atoms with van der Waals surface area (Å²) in [5.74, 6) is 0. The topological polar surface area (TPSA) is 53.7 Å². The molecule has 0 saturated carbocycles. The molecule has 0 saturated heterocycles. The first kappa shape index (κ1) is 10.7. The molecule has 0 unspecified atom stereocenters. The lowest BCUT2D eigenvalue weighted by Crippen LogP contribution is -2.07. The summed E-state index contributed by atoms with van der Waals surface area (Å²) in [5, 5.41) is 16.1. The van der Waals surface area contributed by atoms with E-state index in [1.807, 2.05) is 43.3 Å². The summed E-state index contributed by atoms with van der Waals surface area (Å²) in [6.07, 6.45) is 0. The first-order chi connectivity index (χ1) is 7.75. The van der Waals surface area contributed by atoms with E-state index >= 15 is 0 Å². The normalized spacial score (nSPS) is 10.9. The number of rotatable bonds is 3. The number of nitrogens with zero attached hydrogens (tertiary/aromatic N) is 5. The van der Waals surface area contributed by atoms with Crippen LogP contribution >= 0.6 is 11.3 Å². The van der Waals surface area contributed by atoms with Crippen molar-refractivity contribution in [2.75, 3.05) is 19.0 Å². The number of hydrogen-bond acceptors (Lipinski definition) is 6. The minimum absolute atomic E-state index is 0.566. The third-order valence-corrected chi connectivity index (χ3v) is 2.54. The molecule has 0 aliphatic carbocycles. The molecule has 1 heterocycles. The highest BCUT2D eigenvalue weighted by molar-refractivity contribution is 7.13. The molecule has 0 spiro atoms.